The highest BCUT2D eigenvalue weighted by atomic mass is 35.5. The molecule has 0 saturated carbocycles. The second-order valence-electron chi connectivity index (χ2n) is 6.62. The van der Waals surface area contributed by atoms with E-state index in [1.54, 1.807) is 12.1 Å². The maximum atomic E-state index is 14.1. The number of hydrogen-bond acceptors (Lipinski definition) is 6. The molecule has 158 valence electrons. The summed E-state index contributed by atoms with van der Waals surface area (Å²) in [4.78, 5) is 16.5. The normalized spacial score (nSPS) is 11.6. The molecule has 0 saturated heterocycles. The Bertz CT molecular complexity index is 1380. The Balaban J connectivity index is 1.71. The van der Waals surface area contributed by atoms with E-state index in [0.717, 1.165) is 10.2 Å². The highest BCUT2D eigenvalue weighted by molar-refractivity contribution is 7.90. The lowest BCUT2D eigenvalue weighted by Gasteiger charge is -2.08. The molecule has 0 radical (unpaired) electrons. The molecule has 31 heavy (non-hydrogen) atoms. The number of carbonyl (C=O) groups is 1. The molecule has 0 aliphatic heterocycles. The van der Waals surface area contributed by atoms with Crippen molar-refractivity contribution < 1.29 is 22.3 Å². The summed E-state index contributed by atoms with van der Waals surface area (Å²) in [6.07, 6.45) is 2.42. The number of carbonyl (C=O) groups excluding carboxylic acids is 1. The van der Waals surface area contributed by atoms with Crippen molar-refractivity contribution in [3.63, 3.8) is 0 Å². The van der Waals surface area contributed by atoms with Gasteiger partial charge in [0.15, 0.2) is 5.78 Å². The quantitative estimate of drug-likeness (QED) is 0.406. The van der Waals surface area contributed by atoms with Gasteiger partial charge in [0.25, 0.3) is 10.0 Å². The van der Waals surface area contributed by atoms with E-state index in [1.165, 1.54) is 49.8 Å². The molecule has 0 aliphatic rings. The number of aromatic nitrogens is 3. The molecule has 4 aromatic rings. The molecule has 7 nitrogen and oxygen atoms in total. The summed E-state index contributed by atoms with van der Waals surface area (Å²) in [5.41, 5.74) is 0.567. The Morgan fingerprint density at radius 3 is 2.65 bits per heavy atom. The number of nitrogens with zero attached hydrogens (tertiary/aromatic N) is 3. The third kappa shape index (κ3) is 3.89. The SMILES string of the molecule is COc1ccc(S(=O)(=O)n2ncc3ccc(CC(=O)c4c(F)cccc4Cl)cc32)cn1. The van der Waals surface area contributed by atoms with E-state index < -0.39 is 21.6 Å². The lowest BCUT2D eigenvalue weighted by molar-refractivity contribution is 0.0989. The van der Waals surface area contributed by atoms with Crippen molar-refractivity contribution in [3.05, 3.63) is 82.9 Å². The number of pyridine rings is 1. The van der Waals surface area contributed by atoms with Gasteiger partial charge in [0.05, 0.1) is 35.6 Å². The second kappa shape index (κ2) is 8.09. The van der Waals surface area contributed by atoms with E-state index in [4.69, 9.17) is 16.3 Å². The van der Waals surface area contributed by atoms with Gasteiger partial charge in [-0.2, -0.15) is 17.6 Å². The number of fused-ring (bicyclic) bond motifs is 1. The Morgan fingerprint density at radius 2 is 1.97 bits per heavy atom. The number of rotatable bonds is 6. The molecule has 0 N–H and O–H groups in total. The third-order valence-electron chi connectivity index (χ3n) is 4.65. The van der Waals surface area contributed by atoms with Gasteiger partial charge in [0.2, 0.25) is 5.88 Å². The molecule has 2 heterocycles. The van der Waals surface area contributed by atoms with Crippen LogP contribution in [-0.2, 0) is 16.4 Å². The highest BCUT2D eigenvalue weighted by Gasteiger charge is 2.22. The van der Waals surface area contributed by atoms with E-state index in [9.17, 15) is 17.6 Å². The predicted octanol–water partition coefficient (Wildman–Crippen LogP) is 3.89. The molecule has 2 aromatic carbocycles. The van der Waals surface area contributed by atoms with Gasteiger partial charge < -0.3 is 4.74 Å². The number of halogens is 2. The molecule has 0 aliphatic carbocycles. The molecular formula is C21H15ClFN3O4S. The zero-order chi connectivity index (χ0) is 22.2. The summed E-state index contributed by atoms with van der Waals surface area (Å²) >= 11 is 5.97. The van der Waals surface area contributed by atoms with Crippen molar-refractivity contribution in [2.75, 3.05) is 7.11 Å². The lowest BCUT2D eigenvalue weighted by atomic mass is 10.0. The fraction of sp³-hybridized carbons (Fsp3) is 0.0952. The highest BCUT2D eigenvalue weighted by Crippen LogP contribution is 2.24. The van der Waals surface area contributed by atoms with Gasteiger partial charge >= 0.3 is 0 Å². The fourth-order valence-corrected chi connectivity index (χ4v) is 4.60. The number of Topliss-reactive ketones (excluding diaryl/α,β-unsaturated/α-hetero) is 1. The van der Waals surface area contributed by atoms with E-state index in [0.29, 0.717) is 10.9 Å². The molecule has 0 atom stereocenters. The van der Waals surface area contributed by atoms with Gasteiger partial charge in [0.1, 0.15) is 10.7 Å². The zero-order valence-electron chi connectivity index (χ0n) is 16.1. The van der Waals surface area contributed by atoms with Crippen LogP contribution in [0.3, 0.4) is 0 Å². The standard InChI is InChI=1S/C21H15ClFN3O4S/c1-30-20-8-7-15(12-24-20)31(28,29)26-18-9-13(5-6-14(18)11-25-26)10-19(27)21-16(22)3-2-4-17(21)23/h2-9,11-12H,10H2,1H3. The largest absolute Gasteiger partial charge is 0.481 e. The van der Waals surface area contributed by atoms with E-state index in [2.05, 4.69) is 10.1 Å². The van der Waals surface area contributed by atoms with Crippen LogP contribution in [0.4, 0.5) is 4.39 Å². The average Bonchev–Trinajstić information content (AvgIpc) is 3.18. The van der Waals surface area contributed by atoms with Crippen LogP contribution in [-0.4, -0.2) is 35.5 Å². The van der Waals surface area contributed by atoms with E-state index >= 15 is 0 Å². The summed E-state index contributed by atoms with van der Waals surface area (Å²) < 4.78 is 46.0. The first-order valence-electron chi connectivity index (χ1n) is 9.01. The smallest absolute Gasteiger partial charge is 0.285 e. The summed E-state index contributed by atoms with van der Waals surface area (Å²) in [7, 11) is -2.61. The number of ketones is 1. The maximum Gasteiger partial charge on any atom is 0.285 e. The van der Waals surface area contributed by atoms with Crippen molar-refractivity contribution in [3.8, 4) is 5.88 Å². The van der Waals surface area contributed by atoms with Gasteiger partial charge in [-0.25, -0.2) is 9.37 Å². The molecule has 0 amide bonds. The first-order valence-corrected chi connectivity index (χ1v) is 10.8. The summed E-state index contributed by atoms with van der Waals surface area (Å²) in [6.45, 7) is 0. The molecule has 0 spiro atoms. The van der Waals surface area contributed by atoms with Crippen molar-refractivity contribution in [1.82, 2.24) is 14.2 Å². The van der Waals surface area contributed by atoms with E-state index in [-0.39, 0.29) is 33.3 Å². The first-order chi connectivity index (χ1) is 14.8. The predicted molar refractivity (Wildman–Crippen MR) is 113 cm³/mol. The number of benzene rings is 2. The minimum absolute atomic E-state index is 0.0192. The van der Waals surface area contributed by atoms with Gasteiger partial charge in [0, 0.05) is 17.9 Å². The molecule has 4 rings (SSSR count). The minimum atomic E-state index is -4.04. The monoisotopic (exact) mass is 459 g/mol. The van der Waals surface area contributed by atoms with Crippen LogP contribution in [0.15, 0.2) is 65.8 Å². The van der Waals surface area contributed by atoms with Crippen LogP contribution in [0.5, 0.6) is 5.88 Å². The lowest BCUT2D eigenvalue weighted by Crippen LogP contribution is -2.15. The Kier molecular flexibility index (Phi) is 5.47. The van der Waals surface area contributed by atoms with Gasteiger partial charge in [-0.15, -0.1) is 0 Å². The topological polar surface area (TPSA) is 91.2 Å². The number of methoxy groups -OCH3 is 1. The third-order valence-corrected chi connectivity index (χ3v) is 6.55. The summed E-state index contributed by atoms with van der Waals surface area (Å²) in [6, 6.07) is 11.6. The van der Waals surface area contributed by atoms with Gasteiger partial charge in [-0.3, -0.25) is 4.79 Å². The van der Waals surface area contributed by atoms with Crippen LogP contribution >= 0.6 is 11.6 Å². The van der Waals surface area contributed by atoms with Crippen LogP contribution < -0.4 is 4.74 Å². The molecule has 0 fully saturated rings. The molecule has 2 aromatic heterocycles. The summed E-state index contributed by atoms with van der Waals surface area (Å²) in [5.74, 6) is -0.953. The minimum Gasteiger partial charge on any atom is -0.481 e. The first kappa shape index (κ1) is 21.0. The van der Waals surface area contributed by atoms with Crippen molar-refractivity contribution >= 4 is 38.3 Å². The molecule has 0 bridgehead atoms. The Morgan fingerprint density at radius 1 is 1.16 bits per heavy atom. The molecule has 10 heteroatoms. The average molecular weight is 460 g/mol. The van der Waals surface area contributed by atoms with Gasteiger partial charge in [-0.1, -0.05) is 29.8 Å². The number of ether oxygens (including phenoxy) is 1. The Labute approximate surface area is 182 Å². The van der Waals surface area contributed by atoms with Gasteiger partial charge in [-0.05, 0) is 29.8 Å². The van der Waals surface area contributed by atoms with E-state index in [1.807, 2.05) is 0 Å². The number of hydrogen-bond donors (Lipinski definition) is 0. The van der Waals surface area contributed by atoms with Crippen molar-refractivity contribution in [2.45, 2.75) is 11.3 Å². The van der Waals surface area contributed by atoms with Crippen LogP contribution in [0.2, 0.25) is 5.02 Å². The fourth-order valence-electron chi connectivity index (χ4n) is 3.12. The molecular weight excluding hydrogens is 445 g/mol. The summed E-state index contributed by atoms with van der Waals surface area (Å²) in [5, 5.41) is 4.58. The van der Waals surface area contributed by atoms with Crippen LogP contribution in [0.1, 0.15) is 15.9 Å². The van der Waals surface area contributed by atoms with Crippen molar-refractivity contribution in [2.24, 2.45) is 0 Å². The Hall–Kier alpha value is -3.30. The second-order valence-corrected chi connectivity index (χ2v) is 8.79. The van der Waals surface area contributed by atoms with Crippen molar-refractivity contribution in [1.29, 1.82) is 0 Å². The van der Waals surface area contributed by atoms with Crippen LogP contribution in [0.25, 0.3) is 10.9 Å². The maximum absolute atomic E-state index is 14.1. The zero-order valence-corrected chi connectivity index (χ0v) is 17.7. The van der Waals surface area contributed by atoms with Crippen LogP contribution in [0, 0.1) is 5.82 Å². The molecule has 0 unspecified atom stereocenters.